The summed E-state index contributed by atoms with van der Waals surface area (Å²) in [6.07, 6.45) is 1.77. The Hall–Kier alpha value is -4.88. The zero-order valence-electron chi connectivity index (χ0n) is 26.9. The van der Waals surface area contributed by atoms with Crippen molar-refractivity contribution >= 4 is 45.8 Å². The van der Waals surface area contributed by atoms with Crippen LogP contribution in [0.15, 0.2) is 65.5 Å². The lowest BCUT2D eigenvalue weighted by Gasteiger charge is -2.39. The van der Waals surface area contributed by atoms with Crippen molar-refractivity contribution in [3.8, 4) is 11.5 Å². The molecule has 4 aromatic rings. The van der Waals surface area contributed by atoms with Crippen LogP contribution in [0.3, 0.4) is 0 Å². The van der Waals surface area contributed by atoms with Crippen LogP contribution < -0.4 is 35.6 Å². The maximum Gasteiger partial charge on any atom is 0.327 e. The van der Waals surface area contributed by atoms with Crippen LogP contribution in [0.2, 0.25) is 5.02 Å². The molecule has 6 rings (SSSR count). The second kappa shape index (κ2) is 14.1. The summed E-state index contributed by atoms with van der Waals surface area (Å²) in [6.45, 7) is 4.14. The van der Waals surface area contributed by atoms with Gasteiger partial charge in [0, 0.05) is 32.7 Å². The van der Waals surface area contributed by atoms with E-state index in [9.17, 15) is 18.8 Å². The van der Waals surface area contributed by atoms with Gasteiger partial charge in [0.15, 0.2) is 5.82 Å². The molecule has 2 saturated heterocycles. The Labute approximate surface area is 284 Å². The van der Waals surface area contributed by atoms with Gasteiger partial charge < -0.3 is 30.0 Å². The van der Waals surface area contributed by atoms with E-state index in [1.165, 1.54) is 48.1 Å². The first kappa shape index (κ1) is 33.0. The Balaban J connectivity index is 0.00000281. The number of nitrogens with one attached hydrogen (secondary N) is 2. The van der Waals surface area contributed by atoms with Gasteiger partial charge in [-0.2, -0.15) is 0 Å². The maximum atomic E-state index is 14.3. The fraction of sp³-hybridized carbons (Fsp3) is 0.353. The van der Waals surface area contributed by atoms with Crippen LogP contribution in [0, 0.1) is 5.82 Å². The molecule has 0 aliphatic carbocycles. The van der Waals surface area contributed by atoms with E-state index < -0.39 is 17.9 Å². The molecule has 1 unspecified atom stereocenters. The number of hydrogen-bond acceptors (Lipinski definition) is 8. The molecule has 14 heteroatoms. The van der Waals surface area contributed by atoms with E-state index in [1.54, 1.807) is 43.3 Å². The number of halogens is 2. The molecular weight excluding hydrogens is 641 g/mol. The van der Waals surface area contributed by atoms with Gasteiger partial charge in [0.1, 0.15) is 17.3 Å². The first-order valence-electron chi connectivity index (χ1n) is 15.8. The molecule has 48 heavy (non-hydrogen) atoms. The van der Waals surface area contributed by atoms with Gasteiger partial charge in [-0.25, -0.2) is 18.8 Å². The summed E-state index contributed by atoms with van der Waals surface area (Å²) >= 11 is 6.34. The molecule has 2 N–H and O–H groups in total. The van der Waals surface area contributed by atoms with Crippen LogP contribution in [0.5, 0.6) is 11.5 Å². The average molecular weight is 682 g/mol. The number of benzene rings is 3. The van der Waals surface area contributed by atoms with E-state index in [0.717, 1.165) is 19.4 Å². The number of piperazine rings is 1. The van der Waals surface area contributed by atoms with E-state index in [4.69, 9.17) is 26.1 Å². The second-order valence-electron chi connectivity index (χ2n) is 11.7. The maximum absolute atomic E-state index is 14.3. The molecule has 0 saturated carbocycles. The monoisotopic (exact) mass is 681 g/mol. The lowest BCUT2D eigenvalue weighted by molar-refractivity contribution is -0.133. The summed E-state index contributed by atoms with van der Waals surface area (Å²) in [5.41, 5.74) is 0.764. The summed E-state index contributed by atoms with van der Waals surface area (Å²) in [5, 5.41) is 8.73. The SMILES string of the molecule is COc1ccc(N(C(=O)Nc2ccc(F)cc2)C(C)c2nc3cc(Cl)ccc3c(=O)n2N2CCN(C(=O)[C@@H]3CCCN3)CC2)c(OC)c1.[HH].[HH]. The smallest absolute Gasteiger partial charge is 0.327 e. The molecule has 12 nitrogen and oxygen atoms in total. The van der Waals surface area contributed by atoms with Crippen molar-refractivity contribution in [2.24, 2.45) is 0 Å². The van der Waals surface area contributed by atoms with Crippen molar-refractivity contribution in [3.63, 3.8) is 0 Å². The quantitative estimate of drug-likeness (QED) is 0.266. The van der Waals surface area contributed by atoms with Gasteiger partial charge in [-0.15, -0.1) is 0 Å². The first-order chi connectivity index (χ1) is 23.2. The van der Waals surface area contributed by atoms with Gasteiger partial charge in [0.05, 0.1) is 56.0 Å². The number of fused-ring (bicyclic) bond motifs is 1. The van der Waals surface area contributed by atoms with Crippen molar-refractivity contribution in [2.75, 3.05) is 62.2 Å². The molecule has 3 aromatic carbocycles. The second-order valence-corrected chi connectivity index (χ2v) is 12.1. The molecule has 2 fully saturated rings. The Bertz CT molecular complexity index is 1890. The zero-order chi connectivity index (χ0) is 33.9. The standard InChI is InChI=1S/C34H37ClFN7O5.2H2/c1-21(42(29-13-11-25(47-2)20-30(29)48-3)34(46)38-24-9-7-23(36)8-10-24)31-39-28-19-22(35)6-12-26(28)32(44)43(31)41-17-15-40(16-18-41)33(45)27-5-4-14-37-27;;/h6-13,19-21,27,37H,4-5,14-18H2,1-3H3,(H,38,46);2*1H/t21?,27-;;/m0../s1. The highest BCUT2D eigenvalue weighted by Crippen LogP contribution is 2.37. The number of ether oxygens (including phenoxy) is 2. The molecule has 1 aromatic heterocycles. The van der Waals surface area contributed by atoms with Crippen LogP contribution in [0.4, 0.5) is 20.6 Å². The number of amides is 3. The molecule has 2 aliphatic rings. The number of carbonyl (C=O) groups is 2. The van der Waals surface area contributed by atoms with Crippen molar-refractivity contribution < 1.29 is 26.3 Å². The highest BCUT2D eigenvalue weighted by Gasteiger charge is 2.34. The van der Waals surface area contributed by atoms with E-state index in [-0.39, 0.29) is 26.2 Å². The van der Waals surface area contributed by atoms with Gasteiger partial charge in [-0.05, 0) is 80.9 Å². The molecule has 0 bridgehead atoms. The molecule has 256 valence electrons. The number of methoxy groups -OCH3 is 2. The molecule has 2 atom stereocenters. The van der Waals surface area contributed by atoms with Crippen molar-refractivity contribution in [2.45, 2.75) is 31.8 Å². The topological polar surface area (TPSA) is 121 Å². The van der Waals surface area contributed by atoms with Crippen LogP contribution >= 0.6 is 11.6 Å². The molecule has 0 spiro atoms. The van der Waals surface area contributed by atoms with E-state index in [0.29, 0.717) is 65.0 Å². The Morgan fingerprint density at radius 1 is 1.06 bits per heavy atom. The predicted octanol–water partition coefficient (Wildman–Crippen LogP) is 5.03. The molecule has 0 radical (unpaired) electrons. The van der Waals surface area contributed by atoms with Crippen molar-refractivity contribution in [1.82, 2.24) is 19.9 Å². The normalized spacial score (nSPS) is 16.9. The fourth-order valence-electron chi connectivity index (χ4n) is 6.25. The third-order valence-corrected chi connectivity index (χ3v) is 9.00. The van der Waals surface area contributed by atoms with Crippen molar-refractivity contribution in [3.05, 3.63) is 87.7 Å². The van der Waals surface area contributed by atoms with E-state index >= 15 is 0 Å². The average Bonchev–Trinajstić information content (AvgIpc) is 3.64. The number of aromatic nitrogens is 2. The van der Waals surface area contributed by atoms with Gasteiger partial charge in [-0.3, -0.25) is 14.5 Å². The van der Waals surface area contributed by atoms with Gasteiger partial charge in [0.25, 0.3) is 5.56 Å². The minimum atomic E-state index is -0.869. The predicted molar refractivity (Wildman–Crippen MR) is 187 cm³/mol. The summed E-state index contributed by atoms with van der Waals surface area (Å²) in [5.74, 6) is 0.728. The van der Waals surface area contributed by atoms with E-state index in [1.807, 2.05) is 9.91 Å². The van der Waals surface area contributed by atoms with Crippen molar-refractivity contribution in [1.29, 1.82) is 0 Å². The highest BCUT2D eigenvalue weighted by atomic mass is 35.5. The minimum Gasteiger partial charge on any atom is -0.497 e. The largest absolute Gasteiger partial charge is 0.497 e. The number of nitrogens with zero attached hydrogens (tertiary/aromatic N) is 5. The molecular formula is C34H41ClFN7O5. The van der Waals surface area contributed by atoms with Crippen LogP contribution in [-0.2, 0) is 4.79 Å². The summed E-state index contributed by atoms with van der Waals surface area (Å²) in [7, 11) is 3.00. The van der Waals surface area contributed by atoms with E-state index in [2.05, 4.69) is 10.6 Å². The minimum absolute atomic E-state index is 0. The van der Waals surface area contributed by atoms with Crippen LogP contribution in [-0.4, -0.2) is 79.5 Å². The molecule has 3 amide bonds. The number of hydrogen-bond donors (Lipinski definition) is 2. The summed E-state index contributed by atoms with van der Waals surface area (Å²) in [6, 6.07) is 13.7. The van der Waals surface area contributed by atoms with Gasteiger partial charge in [-0.1, -0.05) is 11.6 Å². The van der Waals surface area contributed by atoms with Crippen LogP contribution in [0.25, 0.3) is 10.9 Å². The Morgan fingerprint density at radius 3 is 2.48 bits per heavy atom. The van der Waals surface area contributed by atoms with Crippen LogP contribution in [0.1, 0.15) is 34.5 Å². The zero-order valence-corrected chi connectivity index (χ0v) is 27.7. The number of carbonyl (C=O) groups excluding carboxylic acids is 2. The number of rotatable bonds is 8. The lowest BCUT2D eigenvalue weighted by Crippen LogP contribution is -2.58. The summed E-state index contributed by atoms with van der Waals surface area (Å²) < 4.78 is 26.3. The number of anilines is 2. The number of urea groups is 1. The third-order valence-electron chi connectivity index (χ3n) is 8.77. The van der Waals surface area contributed by atoms with Gasteiger partial charge >= 0.3 is 6.03 Å². The fourth-order valence-corrected chi connectivity index (χ4v) is 6.42. The molecule has 2 aliphatic heterocycles. The lowest BCUT2D eigenvalue weighted by atomic mass is 10.1. The Morgan fingerprint density at radius 2 is 1.81 bits per heavy atom. The van der Waals surface area contributed by atoms with Gasteiger partial charge in [0.2, 0.25) is 5.91 Å². The first-order valence-corrected chi connectivity index (χ1v) is 16.1. The Kier molecular flexibility index (Phi) is 9.69. The highest BCUT2D eigenvalue weighted by molar-refractivity contribution is 6.31. The third kappa shape index (κ3) is 6.60. The molecule has 3 heterocycles. The summed E-state index contributed by atoms with van der Waals surface area (Å²) in [4.78, 5) is 49.8.